The summed E-state index contributed by atoms with van der Waals surface area (Å²) < 4.78 is 16.2. The zero-order chi connectivity index (χ0) is 18.5. The summed E-state index contributed by atoms with van der Waals surface area (Å²) in [6.07, 6.45) is 3.25. The zero-order valence-electron chi connectivity index (χ0n) is 15.4. The molecule has 2 atom stereocenters. The number of nitrogens with zero attached hydrogens (tertiary/aromatic N) is 2. The summed E-state index contributed by atoms with van der Waals surface area (Å²) in [5, 5.41) is 9.93. The number of carbonyl (C=O) groups excluding carboxylic acids is 1. The van der Waals surface area contributed by atoms with Crippen LogP contribution < -0.4 is 10.6 Å². The maximum atomic E-state index is 12.5. The van der Waals surface area contributed by atoms with Gasteiger partial charge in [-0.25, -0.2) is 4.79 Å². The number of hydrogen-bond donors (Lipinski definition) is 2. The molecule has 0 spiro atoms. The van der Waals surface area contributed by atoms with E-state index in [2.05, 4.69) is 20.8 Å². The van der Waals surface area contributed by atoms with Crippen molar-refractivity contribution in [3.63, 3.8) is 0 Å². The molecule has 0 unspecified atom stereocenters. The van der Waals surface area contributed by atoms with Crippen molar-refractivity contribution in [2.45, 2.75) is 51.6 Å². The molecular weight excluding hydrogens is 336 g/mol. The summed E-state index contributed by atoms with van der Waals surface area (Å²) in [4.78, 5) is 17.0. The lowest BCUT2D eigenvalue weighted by atomic mass is 9.91. The van der Waals surface area contributed by atoms with Crippen LogP contribution in [-0.4, -0.2) is 29.4 Å². The van der Waals surface area contributed by atoms with Crippen molar-refractivity contribution in [2.24, 2.45) is 5.92 Å². The first-order chi connectivity index (χ1) is 12.5. The van der Waals surface area contributed by atoms with Gasteiger partial charge in [-0.2, -0.15) is 4.98 Å². The van der Waals surface area contributed by atoms with Crippen LogP contribution in [0.4, 0.5) is 4.79 Å². The van der Waals surface area contributed by atoms with Crippen LogP contribution in [0.5, 0.6) is 0 Å². The summed E-state index contributed by atoms with van der Waals surface area (Å²) in [5.74, 6) is 2.14. The van der Waals surface area contributed by atoms with Crippen LogP contribution >= 0.6 is 0 Å². The van der Waals surface area contributed by atoms with Crippen LogP contribution in [0, 0.1) is 5.92 Å². The van der Waals surface area contributed by atoms with Crippen LogP contribution in [0.25, 0.3) is 0 Å². The minimum Gasteiger partial charge on any atom is -0.467 e. The predicted molar refractivity (Wildman–Crippen MR) is 93.5 cm³/mol. The van der Waals surface area contributed by atoms with Gasteiger partial charge >= 0.3 is 6.03 Å². The molecule has 1 saturated heterocycles. The Labute approximate surface area is 152 Å². The van der Waals surface area contributed by atoms with Gasteiger partial charge in [0.1, 0.15) is 11.8 Å². The normalized spacial score (nSPS) is 17.8. The number of aromatic nitrogens is 2. The highest BCUT2D eigenvalue weighted by Crippen LogP contribution is 2.30. The maximum absolute atomic E-state index is 12.5. The van der Waals surface area contributed by atoms with Gasteiger partial charge in [0.05, 0.1) is 12.3 Å². The van der Waals surface area contributed by atoms with Crippen LogP contribution in [0.3, 0.4) is 0 Å². The minimum absolute atomic E-state index is 0.163. The van der Waals surface area contributed by atoms with Gasteiger partial charge < -0.3 is 24.3 Å². The molecule has 2 aromatic heterocycles. The van der Waals surface area contributed by atoms with Gasteiger partial charge in [0.25, 0.3) is 0 Å². The molecule has 0 aliphatic carbocycles. The van der Waals surface area contributed by atoms with E-state index in [9.17, 15) is 4.79 Å². The molecule has 1 aliphatic heterocycles. The van der Waals surface area contributed by atoms with Crippen LogP contribution in [0.1, 0.15) is 69.1 Å². The van der Waals surface area contributed by atoms with E-state index >= 15 is 0 Å². The lowest BCUT2D eigenvalue weighted by molar-refractivity contribution is 0.0502. The molecule has 1 aliphatic rings. The molecule has 1 fully saturated rings. The van der Waals surface area contributed by atoms with Crippen LogP contribution in [0.2, 0.25) is 0 Å². The predicted octanol–water partition coefficient (Wildman–Crippen LogP) is 3.31. The Kier molecular flexibility index (Phi) is 5.92. The van der Waals surface area contributed by atoms with E-state index in [1.54, 1.807) is 12.3 Å². The summed E-state index contributed by atoms with van der Waals surface area (Å²) in [6.45, 7) is 7.20. The largest absolute Gasteiger partial charge is 0.467 e. The molecule has 2 aromatic rings. The average molecular weight is 362 g/mol. The van der Waals surface area contributed by atoms with Gasteiger partial charge in [-0.05, 0) is 37.8 Å². The number of urea groups is 1. The SMILES string of the molecule is CC(C)c1noc([C@H](NC(=O)N[C@@H](C)c2ccco2)C2CCOCC2)n1. The topological polar surface area (TPSA) is 102 Å². The number of rotatable bonds is 6. The highest BCUT2D eigenvalue weighted by molar-refractivity contribution is 5.74. The molecule has 0 radical (unpaired) electrons. The van der Waals surface area contributed by atoms with Crippen molar-refractivity contribution in [1.82, 2.24) is 20.8 Å². The fourth-order valence-corrected chi connectivity index (χ4v) is 3.03. The van der Waals surface area contributed by atoms with E-state index < -0.39 is 0 Å². The zero-order valence-corrected chi connectivity index (χ0v) is 15.4. The fourth-order valence-electron chi connectivity index (χ4n) is 3.03. The number of amides is 2. The Morgan fingerprint density at radius 1 is 1.23 bits per heavy atom. The third-order valence-electron chi connectivity index (χ3n) is 4.58. The summed E-state index contributed by atoms with van der Waals surface area (Å²) in [5.41, 5.74) is 0. The van der Waals surface area contributed by atoms with Crippen LogP contribution in [0.15, 0.2) is 27.3 Å². The Balaban J connectivity index is 1.71. The molecule has 0 bridgehead atoms. The molecule has 3 heterocycles. The molecule has 142 valence electrons. The monoisotopic (exact) mass is 362 g/mol. The van der Waals surface area contributed by atoms with Gasteiger partial charge in [0.15, 0.2) is 5.82 Å². The fraction of sp³-hybridized carbons (Fsp3) is 0.611. The average Bonchev–Trinajstić information content (AvgIpc) is 3.32. The van der Waals surface area contributed by atoms with E-state index in [1.807, 2.05) is 26.8 Å². The maximum Gasteiger partial charge on any atom is 0.316 e. The molecule has 0 aromatic carbocycles. The van der Waals surface area contributed by atoms with Gasteiger partial charge in [-0.1, -0.05) is 19.0 Å². The molecule has 2 N–H and O–H groups in total. The third kappa shape index (κ3) is 4.43. The van der Waals surface area contributed by atoms with Gasteiger partial charge in [0.2, 0.25) is 5.89 Å². The second-order valence-corrected chi connectivity index (χ2v) is 6.93. The molecule has 8 nitrogen and oxygen atoms in total. The van der Waals surface area contributed by atoms with Crippen molar-refractivity contribution in [1.29, 1.82) is 0 Å². The van der Waals surface area contributed by atoms with Crippen molar-refractivity contribution >= 4 is 6.03 Å². The number of hydrogen-bond acceptors (Lipinski definition) is 6. The summed E-state index contributed by atoms with van der Waals surface area (Å²) in [7, 11) is 0. The van der Waals surface area contributed by atoms with Crippen molar-refractivity contribution < 1.29 is 18.5 Å². The minimum atomic E-state index is -0.345. The Morgan fingerprint density at radius 2 is 2.00 bits per heavy atom. The highest BCUT2D eigenvalue weighted by atomic mass is 16.5. The Hall–Kier alpha value is -2.35. The molecular formula is C18H26N4O4. The molecule has 3 rings (SSSR count). The van der Waals surface area contributed by atoms with Gasteiger partial charge in [-0.3, -0.25) is 0 Å². The summed E-state index contributed by atoms with van der Waals surface area (Å²) in [6, 6.07) is 2.74. The first-order valence-corrected chi connectivity index (χ1v) is 9.06. The third-order valence-corrected chi connectivity index (χ3v) is 4.58. The number of furan rings is 1. The van der Waals surface area contributed by atoms with Crippen molar-refractivity contribution in [3.8, 4) is 0 Å². The Bertz CT molecular complexity index is 692. The van der Waals surface area contributed by atoms with E-state index in [0.717, 1.165) is 12.8 Å². The molecule has 2 amide bonds. The smallest absolute Gasteiger partial charge is 0.316 e. The lowest BCUT2D eigenvalue weighted by Gasteiger charge is -2.29. The van der Waals surface area contributed by atoms with Gasteiger partial charge in [0, 0.05) is 19.1 Å². The van der Waals surface area contributed by atoms with Crippen LogP contribution in [-0.2, 0) is 4.74 Å². The Morgan fingerprint density at radius 3 is 2.62 bits per heavy atom. The summed E-state index contributed by atoms with van der Waals surface area (Å²) >= 11 is 0. The first kappa shape index (κ1) is 18.4. The first-order valence-electron chi connectivity index (χ1n) is 9.06. The van der Waals surface area contributed by atoms with E-state index in [-0.39, 0.29) is 30.0 Å². The van der Waals surface area contributed by atoms with E-state index in [4.69, 9.17) is 13.7 Å². The number of ether oxygens (including phenoxy) is 1. The molecule has 0 saturated carbocycles. The van der Waals surface area contributed by atoms with Gasteiger partial charge in [-0.15, -0.1) is 0 Å². The second-order valence-electron chi connectivity index (χ2n) is 6.93. The van der Waals surface area contributed by atoms with Crippen molar-refractivity contribution in [2.75, 3.05) is 13.2 Å². The highest BCUT2D eigenvalue weighted by Gasteiger charge is 2.32. The lowest BCUT2D eigenvalue weighted by Crippen LogP contribution is -2.42. The van der Waals surface area contributed by atoms with Crippen molar-refractivity contribution in [3.05, 3.63) is 35.9 Å². The molecule has 8 heteroatoms. The molecule has 26 heavy (non-hydrogen) atoms. The quantitative estimate of drug-likeness (QED) is 0.817. The van der Waals surface area contributed by atoms with E-state index in [1.165, 1.54) is 0 Å². The standard InChI is InChI=1S/C18H26N4O4/c1-11(2)16-21-17(26-22-16)15(13-6-9-24-10-7-13)20-18(23)19-12(3)14-5-4-8-25-14/h4-5,8,11-13,15H,6-7,9-10H2,1-3H3,(H2,19,20,23)/t12-,15+/m0/s1. The second kappa shape index (κ2) is 8.35. The number of carbonyl (C=O) groups is 1. The number of nitrogens with one attached hydrogen (secondary N) is 2. The van der Waals surface area contributed by atoms with E-state index in [0.29, 0.717) is 30.7 Å².